The first-order valence-electron chi connectivity index (χ1n) is 11.7. The Bertz CT molecular complexity index is 1440. The van der Waals surface area contributed by atoms with Gasteiger partial charge in [0.2, 0.25) is 0 Å². The number of ether oxygens (including phenoxy) is 2. The lowest BCUT2D eigenvalue weighted by atomic mass is 10.0. The van der Waals surface area contributed by atoms with Gasteiger partial charge in [-0.15, -0.1) is 6.58 Å². The number of benzene rings is 3. The van der Waals surface area contributed by atoms with Crippen molar-refractivity contribution >= 4 is 35.0 Å². The zero-order valence-electron chi connectivity index (χ0n) is 21.0. The summed E-state index contributed by atoms with van der Waals surface area (Å²) in [5, 5.41) is 24.0. The average molecular weight is 532 g/mol. The molecule has 0 heterocycles. The zero-order chi connectivity index (χ0) is 27.7. The van der Waals surface area contributed by atoms with Gasteiger partial charge in [0, 0.05) is 28.4 Å². The molecule has 0 saturated carbocycles. The van der Waals surface area contributed by atoms with E-state index in [0.29, 0.717) is 57.5 Å². The number of non-ortho nitro benzene ring substituents is 1. The monoisotopic (exact) mass is 531 g/mol. The number of anilines is 1. The third-order valence-electron chi connectivity index (χ3n) is 5.51. The topological polar surface area (TPSA) is 114 Å². The van der Waals surface area contributed by atoms with Gasteiger partial charge in [-0.3, -0.25) is 14.9 Å². The van der Waals surface area contributed by atoms with Gasteiger partial charge in [-0.2, -0.15) is 5.26 Å². The SMILES string of the molecule is C=CCc1cc(/C=C(\C#N)C(=O)Nc2cccc(Cl)c2C)cc(OCC)c1OCc1cccc([N+](=O)[O-])c1. The molecule has 0 spiro atoms. The first-order valence-corrected chi connectivity index (χ1v) is 12.1. The van der Waals surface area contributed by atoms with Crippen LogP contribution in [0.5, 0.6) is 11.5 Å². The van der Waals surface area contributed by atoms with Gasteiger partial charge in [0.15, 0.2) is 11.5 Å². The number of nitrogens with one attached hydrogen (secondary N) is 1. The van der Waals surface area contributed by atoms with Crippen LogP contribution in [0.3, 0.4) is 0 Å². The zero-order valence-corrected chi connectivity index (χ0v) is 21.7. The Hall–Kier alpha value is -4.61. The van der Waals surface area contributed by atoms with Crippen molar-refractivity contribution in [3.8, 4) is 17.6 Å². The van der Waals surface area contributed by atoms with Gasteiger partial charge in [0.1, 0.15) is 18.2 Å². The predicted octanol–water partition coefficient (Wildman–Crippen LogP) is 6.81. The van der Waals surface area contributed by atoms with Crippen molar-refractivity contribution in [2.24, 2.45) is 0 Å². The minimum atomic E-state index is -0.577. The van der Waals surface area contributed by atoms with Crippen molar-refractivity contribution in [2.75, 3.05) is 11.9 Å². The molecule has 194 valence electrons. The molecule has 0 aliphatic rings. The number of hydrogen-bond donors (Lipinski definition) is 1. The van der Waals surface area contributed by atoms with Gasteiger partial charge in [-0.1, -0.05) is 35.9 Å². The van der Waals surface area contributed by atoms with Crippen LogP contribution in [-0.2, 0) is 17.8 Å². The molecule has 0 aromatic heterocycles. The quantitative estimate of drug-likeness (QED) is 0.0955. The number of nitrogens with zero attached hydrogens (tertiary/aromatic N) is 2. The molecule has 0 bridgehead atoms. The Morgan fingerprint density at radius 1 is 1.21 bits per heavy atom. The highest BCUT2D eigenvalue weighted by Gasteiger charge is 2.17. The first kappa shape index (κ1) is 28.0. The van der Waals surface area contributed by atoms with E-state index in [1.54, 1.807) is 55.5 Å². The molecule has 0 fully saturated rings. The molecule has 0 saturated heterocycles. The van der Waals surface area contributed by atoms with Crippen LogP contribution in [0.15, 0.2) is 72.8 Å². The van der Waals surface area contributed by atoms with E-state index >= 15 is 0 Å². The molecule has 3 aromatic rings. The summed E-state index contributed by atoms with van der Waals surface area (Å²) < 4.78 is 11.9. The normalized spacial score (nSPS) is 10.8. The van der Waals surface area contributed by atoms with Crippen LogP contribution in [0.1, 0.15) is 29.2 Å². The molecule has 1 amide bonds. The van der Waals surface area contributed by atoms with Crippen LogP contribution < -0.4 is 14.8 Å². The van der Waals surface area contributed by atoms with E-state index in [1.165, 1.54) is 18.2 Å². The Morgan fingerprint density at radius 2 is 1.97 bits per heavy atom. The van der Waals surface area contributed by atoms with E-state index in [2.05, 4.69) is 11.9 Å². The Kier molecular flexibility index (Phi) is 9.63. The number of halogens is 1. The second kappa shape index (κ2) is 13.1. The number of rotatable bonds is 11. The van der Waals surface area contributed by atoms with Crippen molar-refractivity contribution in [3.63, 3.8) is 0 Å². The highest BCUT2D eigenvalue weighted by atomic mass is 35.5. The van der Waals surface area contributed by atoms with Gasteiger partial charge < -0.3 is 14.8 Å². The van der Waals surface area contributed by atoms with E-state index in [1.807, 2.05) is 13.0 Å². The summed E-state index contributed by atoms with van der Waals surface area (Å²) in [6, 6.07) is 16.7. The van der Waals surface area contributed by atoms with Crippen LogP contribution >= 0.6 is 11.6 Å². The fraction of sp³-hybridized carbons (Fsp3) is 0.172. The van der Waals surface area contributed by atoms with E-state index in [9.17, 15) is 20.2 Å². The maximum absolute atomic E-state index is 12.9. The van der Waals surface area contributed by atoms with Crippen molar-refractivity contribution in [3.05, 3.63) is 110 Å². The lowest BCUT2D eigenvalue weighted by Crippen LogP contribution is -2.14. The molecule has 9 heteroatoms. The minimum Gasteiger partial charge on any atom is -0.490 e. The number of carbonyl (C=O) groups is 1. The fourth-order valence-corrected chi connectivity index (χ4v) is 3.84. The lowest BCUT2D eigenvalue weighted by molar-refractivity contribution is -0.384. The number of hydrogen-bond acceptors (Lipinski definition) is 6. The molecule has 3 rings (SSSR count). The summed E-state index contributed by atoms with van der Waals surface area (Å²) in [5.74, 6) is 0.284. The number of nitro benzene ring substituents is 1. The van der Waals surface area contributed by atoms with Crippen LogP contribution in [0.25, 0.3) is 6.08 Å². The smallest absolute Gasteiger partial charge is 0.269 e. The van der Waals surface area contributed by atoms with Crippen molar-refractivity contribution in [2.45, 2.75) is 26.9 Å². The standard InChI is InChI=1S/C29H26ClN3O5/c1-4-8-22-13-21(14-23(17-31)29(34)32-26-12-7-11-25(30)19(26)3)16-27(37-5-2)28(22)38-18-20-9-6-10-24(15-20)33(35)36/h4,6-7,9-16H,1,5,8,18H2,2-3H3,(H,32,34)/b23-14+. The number of nitriles is 1. The minimum absolute atomic E-state index is 0.0294. The lowest BCUT2D eigenvalue weighted by Gasteiger charge is -2.17. The van der Waals surface area contributed by atoms with Crippen molar-refractivity contribution in [1.29, 1.82) is 5.26 Å². The van der Waals surface area contributed by atoms with Gasteiger partial charge in [0.05, 0.1) is 11.5 Å². The molecular formula is C29H26ClN3O5. The molecule has 0 aliphatic carbocycles. The van der Waals surface area contributed by atoms with E-state index in [-0.39, 0.29) is 17.9 Å². The molecule has 0 aliphatic heterocycles. The maximum Gasteiger partial charge on any atom is 0.269 e. The molecule has 0 radical (unpaired) electrons. The highest BCUT2D eigenvalue weighted by Crippen LogP contribution is 2.35. The molecular weight excluding hydrogens is 506 g/mol. The summed E-state index contributed by atoms with van der Waals surface area (Å²) in [5.41, 5.74) is 2.95. The van der Waals surface area contributed by atoms with Crippen LogP contribution in [0.2, 0.25) is 5.02 Å². The maximum atomic E-state index is 12.9. The molecule has 8 nitrogen and oxygen atoms in total. The Labute approximate surface area is 225 Å². The first-order chi connectivity index (χ1) is 18.3. The summed E-state index contributed by atoms with van der Waals surface area (Å²) in [4.78, 5) is 23.5. The van der Waals surface area contributed by atoms with Gasteiger partial charge in [-0.05, 0) is 67.3 Å². The highest BCUT2D eigenvalue weighted by molar-refractivity contribution is 6.31. The van der Waals surface area contributed by atoms with Crippen LogP contribution in [-0.4, -0.2) is 17.4 Å². The van der Waals surface area contributed by atoms with Gasteiger partial charge in [-0.25, -0.2) is 0 Å². The van der Waals surface area contributed by atoms with Crippen molar-refractivity contribution in [1.82, 2.24) is 0 Å². The molecule has 3 aromatic carbocycles. The number of allylic oxidation sites excluding steroid dienone is 1. The summed E-state index contributed by atoms with van der Waals surface area (Å²) in [7, 11) is 0. The van der Waals surface area contributed by atoms with Crippen molar-refractivity contribution < 1.29 is 19.2 Å². The van der Waals surface area contributed by atoms with Gasteiger partial charge in [0.25, 0.3) is 11.6 Å². The average Bonchev–Trinajstić information content (AvgIpc) is 2.90. The summed E-state index contributed by atoms with van der Waals surface area (Å²) in [6.07, 6.45) is 3.58. The van der Waals surface area contributed by atoms with E-state index < -0.39 is 10.8 Å². The summed E-state index contributed by atoms with van der Waals surface area (Å²) in [6.45, 7) is 7.82. The van der Waals surface area contributed by atoms with E-state index in [4.69, 9.17) is 21.1 Å². The van der Waals surface area contributed by atoms with Gasteiger partial charge >= 0.3 is 0 Å². The second-order valence-electron chi connectivity index (χ2n) is 8.19. The Balaban J connectivity index is 1.95. The van der Waals surface area contributed by atoms with Crippen LogP contribution in [0, 0.1) is 28.4 Å². The fourth-order valence-electron chi connectivity index (χ4n) is 3.66. The number of carbonyl (C=O) groups excluding carboxylic acids is 1. The second-order valence-corrected chi connectivity index (χ2v) is 8.59. The summed E-state index contributed by atoms with van der Waals surface area (Å²) >= 11 is 6.14. The largest absolute Gasteiger partial charge is 0.490 e. The molecule has 1 N–H and O–H groups in total. The van der Waals surface area contributed by atoms with Crippen LogP contribution in [0.4, 0.5) is 11.4 Å². The molecule has 38 heavy (non-hydrogen) atoms. The Morgan fingerprint density at radius 3 is 2.66 bits per heavy atom. The number of nitro groups is 1. The third kappa shape index (κ3) is 6.99. The molecule has 0 unspecified atom stereocenters. The van der Waals surface area contributed by atoms with E-state index in [0.717, 1.165) is 0 Å². The third-order valence-corrected chi connectivity index (χ3v) is 5.92. The molecule has 0 atom stereocenters. The predicted molar refractivity (Wildman–Crippen MR) is 147 cm³/mol. The number of amides is 1.